The summed E-state index contributed by atoms with van der Waals surface area (Å²) in [4.78, 5) is 11.9. The summed E-state index contributed by atoms with van der Waals surface area (Å²) in [6.07, 6.45) is 0.675. The van der Waals surface area contributed by atoms with Crippen LogP contribution in [0.4, 0.5) is 5.69 Å². The van der Waals surface area contributed by atoms with Gasteiger partial charge in [-0.05, 0) is 32.0 Å². The number of nitrogens with one attached hydrogen (secondary N) is 2. The third-order valence-corrected chi connectivity index (χ3v) is 3.77. The van der Waals surface area contributed by atoms with Gasteiger partial charge in [-0.15, -0.1) is 12.4 Å². The minimum Gasteiger partial charge on any atom is -0.352 e. The first-order valence-electron chi connectivity index (χ1n) is 6.08. The molecule has 0 heterocycles. The number of amides is 1. The van der Waals surface area contributed by atoms with E-state index in [0.29, 0.717) is 25.1 Å². The molecule has 8 heteroatoms. The van der Waals surface area contributed by atoms with Crippen LogP contribution in [-0.2, 0) is 10.0 Å². The van der Waals surface area contributed by atoms with Crippen LogP contribution in [0.25, 0.3) is 0 Å². The number of rotatable bonds is 7. The van der Waals surface area contributed by atoms with Crippen molar-refractivity contribution < 1.29 is 13.2 Å². The number of hydrogen-bond donors (Lipinski definition) is 3. The summed E-state index contributed by atoms with van der Waals surface area (Å²) in [6.45, 7) is 2.49. The lowest BCUT2D eigenvalue weighted by Gasteiger charge is -2.11. The molecule has 0 atom stereocenters. The van der Waals surface area contributed by atoms with Crippen LogP contribution >= 0.6 is 12.4 Å². The Kier molecular flexibility index (Phi) is 8.21. The maximum atomic E-state index is 11.9. The first-order chi connectivity index (χ1) is 9.00. The zero-order chi connectivity index (χ0) is 14.3. The third-order valence-electron chi connectivity index (χ3n) is 2.48. The fourth-order valence-electron chi connectivity index (χ4n) is 1.41. The number of nitrogens with two attached hydrogens (primary N) is 1. The minimum atomic E-state index is -3.40. The highest BCUT2D eigenvalue weighted by molar-refractivity contribution is 7.92. The predicted octanol–water partition coefficient (Wildman–Crippen LogP) is 0.949. The summed E-state index contributed by atoms with van der Waals surface area (Å²) < 4.78 is 25.5. The van der Waals surface area contributed by atoms with Gasteiger partial charge in [0.05, 0.1) is 17.0 Å². The van der Waals surface area contributed by atoms with Gasteiger partial charge in [0.1, 0.15) is 0 Å². The average Bonchev–Trinajstić information content (AvgIpc) is 2.39. The molecule has 0 aliphatic rings. The number of carbonyl (C=O) groups excluding carboxylic acids is 1. The van der Waals surface area contributed by atoms with Crippen LogP contribution in [0.5, 0.6) is 0 Å². The molecule has 0 spiro atoms. The molecule has 0 aromatic heterocycles. The first kappa shape index (κ1) is 18.7. The number of halogens is 1. The zero-order valence-electron chi connectivity index (χ0n) is 11.3. The number of carbonyl (C=O) groups is 1. The van der Waals surface area contributed by atoms with Gasteiger partial charge in [-0.25, -0.2) is 8.42 Å². The van der Waals surface area contributed by atoms with Crippen molar-refractivity contribution in [1.82, 2.24) is 5.32 Å². The summed E-state index contributed by atoms with van der Waals surface area (Å²) in [5.41, 5.74) is 5.93. The summed E-state index contributed by atoms with van der Waals surface area (Å²) in [7, 11) is -3.40. The van der Waals surface area contributed by atoms with Crippen molar-refractivity contribution >= 4 is 34.0 Å². The molecule has 1 amide bonds. The van der Waals surface area contributed by atoms with E-state index in [0.717, 1.165) is 0 Å². The monoisotopic (exact) mass is 321 g/mol. The van der Waals surface area contributed by atoms with Gasteiger partial charge < -0.3 is 11.1 Å². The topological polar surface area (TPSA) is 101 Å². The standard InChI is InChI=1S/C12H19N3O3S.ClH/c1-2-19(17,18)15-11-7-4-3-6-10(11)12(16)14-9-5-8-13;/h3-4,6-7,15H,2,5,8-9,13H2,1H3,(H,14,16);1H. The summed E-state index contributed by atoms with van der Waals surface area (Å²) in [5.74, 6) is -0.362. The molecule has 0 saturated carbocycles. The van der Waals surface area contributed by atoms with Crippen molar-refractivity contribution in [3.05, 3.63) is 29.8 Å². The van der Waals surface area contributed by atoms with Crippen LogP contribution in [0.1, 0.15) is 23.7 Å². The van der Waals surface area contributed by atoms with Gasteiger partial charge in [-0.1, -0.05) is 12.1 Å². The maximum absolute atomic E-state index is 11.9. The molecule has 0 aliphatic heterocycles. The Morgan fingerprint density at radius 2 is 1.95 bits per heavy atom. The third kappa shape index (κ3) is 5.77. The van der Waals surface area contributed by atoms with E-state index in [1.165, 1.54) is 6.92 Å². The molecule has 0 saturated heterocycles. The largest absolute Gasteiger partial charge is 0.352 e. The van der Waals surface area contributed by atoms with E-state index in [9.17, 15) is 13.2 Å². The van der Waals surface area contributed by atoms with Gasteiger partial charge in [0.15, 0.2) is 0 Å². The number of benzene rings is 1. The highest BCUT2D eigenvalue weighted by Gasteiger charge is 2.14. The quantitative estimate of drug-likeness (QED) is 0.651. The molecule has 0 aliphatic carbocycles. The van der Waals surface area contributed by atoms with Crippen LogP contribution in [0.15, 0.2) is 24.3 Å². The van der Waals surface area contributed by atoms with E-state index in [4.69, 9.17) is 5.73 Å². The van der Waals surface area contributed by atoms with E-state index in [2.05, 4.69) is 10.0 Å². The summed E-state index contributed by atoms with van der Waals surface area (Å²) in [5, 5.41) is 2.69. The van der Waals surface area contributed by atoms with Crippen LogP contribution in [0, 0.1) is 0 Å². The second-order valence-electron chi connectivity index (χ2n) is 3.95. The molecular weight excluding hydrogens is 302 g/mol. The molecule has 0 radical (unpaired) electrons. The highest BCUT2D eigenvalue weighted by Crippen LogP contribution is 2.16. The fraction of sp³-hybridized carbons (Fsp3) is 0.417. The molecule has 1 rings (SSSR count). The summed E-state index contributed by atoms with van der Waals surface area (Å²) in [6, 6.07) is 6.49. The van der Waals surface area contributed by atoms with E-state index >= 15 is 0 Å². The van der Waals surface area contributed by atoms with E-state index in [1.54, 1.807) is 24.3 Å². The van der Waals surface area contributed by atoms with Gasteiger partial charge in [0.25, 0.3) is 5.91 Å². The maximum Gasteiger partial charge on any atom is 0.253 e. The molecule has 0 bridgehead atoms. The Morgan fingerprint density at radius 3 is 2.55 bits per heavy atom. The number of para-hydroxylation sites is 1. The molecule has 0 unspecified atom stereocenters. The van der Waals surface area contributed by atoms with Crippen molar-refractivity contribution in [3.8, 4) is 0 Å². The lowest BCUT2D eigenvalue weighted by molar-refractivity contribution is 0.0954. The Balaban J connectivity index is 0.00000361. The second-order valence-corrected chi connectivity index (χ2v) is 5.96. The van der Waals surface area contributed by atoms with E-state index in [1.807, 2.05) is 0 Å². The average molecular weight is 322 g/mol. The van der Waals surface area contributed by atoms with Crippen molar-refractivity contribution in [2.45, 2.75) is 13.3 Å². The minimum absolute atomic E-state index is 0. The Bertz CT molecular complexity index is 535. The summed E-state index contributed by atoms with van der Waals surface area (Å²) >= 11 is 0. The van der Waals surface area contributed by atoms with Gasteiger partial charge >= 0.3 is 0 Å². The van der Waals surface area contributed by atoms with Gasteiger partial charge in [0, 0.05) is 6.54 Å². The molecule has 6 nitrogen and oxygen atoms in total. The molecule has 0 fully saturated rings. The number of sulfonamides is 1. The first-order valence-corrected chi connectivity index (χ1v) is 7.73. The lowest BCUT2D eigenvalue weighted by atomic mass is 10.1. The molecule has 1 aromatic rings. The predicted molar refractivity (Wildman–Crippen MR) is 82.8 cm³/mol. The smallest absolute Gasteiger partial charge is 0.253 e. The van der Waals surface area contributed by atoms with Crippen molar-refractivity contribution in [2.24, 2.45) is 5.73 Å². The van der Waals surface area contributed by atoms with Crippen LogP contribution in [-0.4, -0.2) is 33.2 Å². The Hall–Kier alpha value is -1.31. The normalized spacial score (nSPS) is 10.5. The Labute approximate surface area is 125 Å². The van der Waals surface area contributed by atoms with Crippen LogP contribution in [0.3, 0.4) is 0 Å². The van der Waals surface area contributed by atoms with Crippen LogP contribution in [0.2, 0.25) is 0 Å². The van der Waals surface area contributed by atoms with Crippen molar-refractivity contribution in [2.75, 3.05) is 23.6 Å². The zero-order valence-corrected chi connectivity index (χ0v) is 12.9. The number of anilines is 1. The molecule has 4 N–H and O–H groups in total. The van der Waals surface area contributed by atoms with Gasteiger partial charge in [-0.3, -0.25) is 9.52 Å². The van der Waals surface area contributed by atoms with Gasteiger partial charge in [-0.2, -0.15) is 0 Å². The fourth-order valence-corrected chi connectivity index (χ4v) is 2.07. The second kappa shape index (κ2) is 8.78. The lowest BCUT2D eigenvalue weighted by Crippen LogP contribution is -2.27. The SMILES string of the molecule is CCS(=O)(=O)Nc1ccccc1C(=O)NCCCN.Cl. The Morgan fingerprint density at radius 1 is 1.30 bits per heavy atom. The molecule has 114 valence electrons. The van der Waals surface area contributed by atoms with Crippen molar-refractivity contribution in [1.29, 1.82) is 0 Å². The molecule has 20 heavy (non-hydrogen) atoms. The van der Waals surface area contributed by atoms with Gasteiger partial charge in [0.2, 0.25) is 10.0 Å². The van der Waals surface area contributed by atoms with E-state index in [-0.39, 0.29) is 29.8 Å². The van der Waals surface area contributed by atoms with Crippen molar-refractivity contribution in [3.63, 3.8) is 0 Å². The number of hydrogen-bond acceptors (Lipinski definition) is 4. The molecular formula is C12H20ClN3O3S. The molecule has 1 aromatic carbocycles. The van der Waals surface area contributed by atoms with E-state index < -0.39 is 10.0 Å². The van der Waals surface area contributed by atoms with Crippen LogP contribution < -0.4 is 15.8 Å². The highest BCUT2D eigenvalue weighted by atomic mass is 35.5.